The van der Waals surface area contributed by atoms with Gasteiger partial charge in [-0.25, -0.2) is 4.98 Å². The first-order valence-corrected chi connectivity index (χ1v) is 6.08. The molecule has 0 bridgehead atoms. The molecule has 0 amide bonds. The molecule has 0 radical (unpaired) electrons. The Bertz CT molecular complexity index is 596. The third-order valence-corrected chi connectivity index (χ3v) is 3.37. The van der Waals surface area contributed by atoms with Crippen molar-refractivity contribution in [1.82, 2.24) is 9.55 Å². The number of hydrogen-bond donors (Lipinski definition) is 0. The van der Waals surface area contributed by atoms with Gasteiger partial charge in [-0.15, -0.1) is 0 Å². The lowest BCUT2D eigenvalue weighted by Crippen LogP contribution is -2.00. The van der Waals surface area contributed by atoms with Crippen molar-refractivity contribution < 1.29 is 0 Å². The predicted molar refractivity (Wildman–Crippen MR) is 69.3 cm³/mol. The van der Waals surface area contributed by atoms with Gasteiger partial charge in [-0.2, -0.15) is 5.26 Å². The van der Waals surface area contributed by atoms with Gasteiger partial charge in [0.1, 0.15) is 5.82 Å². The van der Waals surface area contributed by atoms with E-state index in [-0.39, 0.29) is 0 Å². The lowest BCUT2D eigenvalue weighted by atomic mass is 10.3. The molecule has 0 aliphatic carbocycles. The molecule has 0 aliphatic rings. The first kappa shape index (κ1) is 12.2. The van der Waals surface area contributed by atoms with E-state index >= 15 is 0 Å². The topological polar surface area (TPSA) is 41.6 Å². The van der Waals surface area contributed by atoms with Gasteiger partial charge in [-0.1, -0.05) is 23.2 Å². The van der Waals surface area contributed by atoms with Crippen molar-refractivity contribution >= 4 is 34.2 Å². The summed E-state index contributed by atoms with van der Waals surface area (Å²) < 4.78 is 2.06. The van der Waals surface area contributed by atoms with Crippen molar-refractivity contribution in [2.24, 2.45) is 0 Å². The number of aromatic nitrogens is 2. The standard InChI is InChI=1S/C12H11Cl2N3/c1-8-16-11-6-9(13)10(14)7-12(11)17(8)5-3-2-4-15/h6-7H,2-3,5H2,1H3. The number of benzene rings is 1. The summed E-state index contributed by atoms with van der Waals surface area (Å²) in [4.78, 5) is 4.43. The molecule has 5 heteroatoms. The molecule has 1 aromatic heterocycles. The molecule has 0 aliphatic heterocycles. The summed E-state index contributed by atoms with van der Waals surface area (Å²) in [5.41, 5.74) is 1.81. The quantitative estimate of drug-likeness (QED) is 0.791. The second-order valence-electron chi connectivity index (χ2n) is 3.83. The van der Waals surface area contributed by atoms with Crippen LogP contribution in [0.3, 0.4) is 0 Å². The molecule has 0 saturated carbocycles. The minimum absolute atomic E-state index is 0.515. The summed E-state index contributed by atoms with van der Waals surface area (Å²) in [7, 11) is 0. The van der Waals surface area contributed by atoms with E-state index in [1.54, 1.807) is 6.07 Å². The van der Waals surface area contributed by atoms with Crippen LogP contribution in [-0.2, 0) is 6.54 Å². The maximum atomic E-state index is 8.54. The molecule has 1 heterocycles. The van der Waals surface area contributed by atoms with Crippen LogP contribution in [0, 0.1) is 18.3 Å². The van der Waals surface area contributed by atoms with Crippen molar-refractivity contribution in [3.05, 3.63) is 28.0 Å². The predicted octanol–water partition coefficient (Wildman–Crippen LogP) is 3.96. The number of hydrogen-bond acceptors (Lipinski definition) is 2. The van der Waals surface area contributed by atoms with Gasteiger partial charge in [0.05, 0.1) is 27.1 Å². The van der Waals surface area contributed by atoms with Gasteiger partial charge >= 0.3 is 0 Å². The molecule has 2 aromatic rings. The van der Waals surface area contributed by atoms with Crippen LogP contribution < -0.4 is 0 Å². The molecule has 0 saturated heterocycles. The van der Waals surface area contributed by atoms with E-state index in [1.165, 1.54) is 0 Å². The molecular weight excluding hydrogens is 257 g/mol. The van der Waals surface area contributed by atoms with Crippen LogP contribution in [0.5, 0.6) is 0 Å². The minimum Gasteiger partial charge on any atom is -0.328 e. The molecule has 17 heavy (non-hydrogen) atoms. The maximum absolute atomic E-state index is 8.54. The second-order valence-corrected chi connectivity index (χ2v) is 4.64. The average molecular weight is 268 g/mol. The first-order chi connectivity index (χ1) is 8.13. The molecule has 0 unspecified atom stereocenters. The van der Waals surface area contributed by atoms with Gasteiger partial charge in [-0.3, -0.25) is 0 Å². The lowest BCUT2D eigenvalue weighted by Gasteiger charge is -2.05. The Morgan fingerprint density at radius 3 is 2.76 bits per heavy atom. The number of imidazole rings is 1. The number of nitrogens with zero attached hydrogens (tertiary/aromatic N) is 3. The monoisotopic (exact) mass is 267 g/mol. The van der Waals surface area contributed by atoms with Crippen molar-refractivity contribution in [2.75, 3.05) is 0 Å². The van der Waals surface area contributed by atoms with E-state index in [1.807, 2.05) is 13.0 Å². The van der Waals surface area contributed by atoms with Crippen LogP contribution in [0.2, 0.25) is 10.0 Å². The van der Waals surface area contributed by atoms with Crippen molar-refractivity contribution in [3.8, 4) is 6.07 Å². The highest BCUT2D eigenvalue weighted by Crippen LogP contribution is 2.28. The highest BCUT2D eigenvalue weighted by atomic mass is 35.5. The molecule has 1 aromatic carbocycles. The number of fused-ring (bicyclic) bond motifs is 1. The Balaban J connectivity index is 2.44. The largest absolute Gasteiger partial charge is 0.328 e. The van der Waals surface area contributed by atoms with E-state index in [0.29, 0.717) is 16.5 Å². The SMILES string of the molecule is Cc1nc2cc(Cl)c(Cl)cc2n1CCCC#N. The Labute approximate surface area is 110 Å². The summed E-state index contributed by atoms with van der Waals surface area (Å²) in [6.45, 7) is 2.71. The Morgan fingerprint density at radius 1 is 1.35 bits per heavy atom. The highest BCUT2D eigenvalue weighted by molar-refractivity contribution is 6.42. The third kappa shape index (κ3) is 2.38. The Kier molecular flexibility index (Phi) is 3.56. The van der Waals surface area contributed by atoms with Crippen LogP contribution >= 0.6 is 23.2 Å². The molecule has 0 N–H and O–H groups in total. The van der Waals surface area contributed by atoms with E-state index in [2.05, 4.69) is 15.6 Å². The fourth-order valence-corrected chi connectivity index (χ4v) is 2.15. The first-order valence-electron chi connectivity index (χ1n) is 5.32. The van der Waals surface area contributed by atoms with Crippen LogP contribution in [0.4, 0.5) is 0 Å². The average Bonchev–Trinajstić information content (AvgIpc) is 2.57. The lowest BCUT2D eigenvalue weighted by molar-refractivity contribution is 0.651. The number of unbranched alkanes of at least 4 members (excludes halogenated alkanes) is 1. The zero-order chi connectivity index (χ0) is 12.4. The Morgan fingerprint density at radius 2 is 2.06 bits per heavy atom. The molecule has 88 valence electrons. The molecular formula is C12H11Cl2N3. The van der Waals surface area contributed by atoms with E-state index in [4.69, 9.17) is 28.5 Å². The van der Waals surface area contributed by atoms with Gasteiger partial charge < -0.3 is 4.57 Å². The number of halogens is 2. The fraction of sp³-hybridized carbons (Fsp3) is 0.333. The van der Waals surface area contributed by atoms with Crippen LogP contribution in [-0.4, -0.2) is 9.55 Å². The fourth-order valence-electron chi connectivity index (χ4n) is 1.84. The third-order valence-electron chi connectivity index (χ3n) is 2.65. The van der Waals surface area contributed by atoms with E-state index < -0.39 is 0 Å². The van der Waals surface area contributed by atoms with Crippen molar-refractivity contribution in [2.45, 2.75) is 26.3 Å². The smallest absolute Gasteiger partial charge is 0.106 e. The summed E-state index contributed by atoms with van der Waals surface area (Å²) in [6, 6.07) is 5.73. The second kappa shape index (κ2) is 4.95. The van der Waals surface area contributed by atoms with Crippen molar-refractivity contribution in [3.63, 3.8) is 0 Å². The van der Waals surface area contributed by atoms with Gasteiger partial charge in [0.15, 0.2) is 0 Å². The van der Waals surface area contributed by atoms with Crippen LogP contribution in [0.1, 0.15) is 18.7 Å². The number of nitriles is 1. The summed E-state index contributed by atoms with van der Waals surface area (Å²) in [5.74, 6) is 0.913. The van der Waals surface area contributed by atoms with Crippen LogP contribution in [0.15, 0.2) is 12.1 Å². The maximum Gasteiger partial charge on any atom is 0.106 e. The number of aryl methyl sites for hydroxylation is 2. The van der Waals surface area contributed by atoms with E-state index in [0.717, 1.165) is 29.8 Å². The molecule has 0 spiro atoms. The molecule has 3 nitrogen and oxygen atoms in total. The molecule has 0 atom stereocenters. The molecule has 0 fully saturated rings. The van der Waals surface area contributed by atoms with Crippen molar-refractivity contribution in [1.29, 1.82) is 5.26 Å². The van der Waals surface area contributed by atoms with Crippen LogP contribution in [0.25, 0.3) is 11.0 Å². The number of rotatable bonds is 3. The minimum atomic E-state index is 0.515. The molecule has 2 rings (SSSR count). The Hall–Kier alpha value is -1.24. The summed E-state index contributed by atoms with van der Waals surface area (Å²) in [6.07, 6.45) is 1.35. The highest BCUT2D eigenvalue weighted by Gasteiger charge is 2.09. The zero-order valence-corrected chi connectivity index (χ0v) is 10.9. The van der Waals surface area contributed by atoms with Gasteiger partial charge in [0.25, 0.3) is 0 Å². The van der Waals surface area contributed by atoms with E-state index in [9.17, 15) is 0 Å². The zero-order valence-electron chi connectivity index (χ0n) is 9.37. The summed E-state index contributed by atoms with van der Waals surface area (Å²) >= 11 is 12.0. The summed E-state index contributed by atoms with van der Waals surface area (Å²) in [5, 5.41) is 9.59. The van der Waals surface area contributed by atoms with Gasteiger partial charge in [0, 0.05) is 13.0 Å². The normalized spacial score (nSPS) is 10.7. The van der Waals surface area contributed by atoms with Gasteiger partial charge in [-0.05, 0) is 25.5 Å². The van der Waals surface area contributed by atoms with Gasteiger partial charge in [0.2, 0.25) is 0 Å².